The maximum Gasteiger partial charge on any atom is 0.162 e. The fourth-order valence-corrected chi connectivity index (χ4v) is 1.52. The maximum atomic E-state index is 11.4. The number of Topliss-reactive ketones (excluding diaryl/α,β-unsaturated/α-hetero) is 1. The molecule has 0 fully saturated rings. The van der Waals surface area contributed by atoms with Crippen molar-refractivity contribution in [3.8, 4) is 0 Å². The normalized spacial score (nSPS) is 9.29. The van der Waals surface area contributed by atoms with Gasteiger partial charge in [0, 0.05) is 17.3 Å². The van der Waals surface area contributed by atoms with E-state index in [-0.39, 0.29) is 13.2 Å². The molecule has 0 atom stereocenters. The number of carbonyl (C=O) groups excluding carboxylic acids is 1. The Hall–Kier alpha value is -0.630. The van der Waals surface area contributed by atoms with Crippen LogP contribution in [-0.4, -0.2) is 5.78 Å². The van der Waals surface area contributed by atoms with Gasteiger partial charge in [-0.3, -0.25) is 4.79 Å². The highest BCUT2D eigenvalue weighted by Gasteiger charge is 2.02. The molecule has 1 nitrogen and oxygen atoms in total. The maximum absolute atomic E-state index is 11.4. The highest BCUT2D eigenvalue weighted by Crippen LogP contribution is 2.10. The van der Waals surface area contributed by atoms with Gasteiger partial charge in [-0.25, -0.2) is 0 Å². The Kier molecular flexibility index (Phi) is 6.46. The van der Waals surface area contributed by atoms with Gasteiger partial charge in [-0.2, -0.15) is 0 Å². The van der Waals surface area contributed by atoms with Crippen molar-refractivity contribution in [2.75, 3.05) is 0 Å². The third kappa shape index (κ3) is 3.62. The molecule has 0 aromatic heterocycles. The number of ketones is 1. The van der Waals surface area contributed by atoms with Crippen molar-refractivity contribution >= 4 is 21.7 Å². The lowest BCUT2D eigenvalue weighted by atomic mass is 10.1. The molecule has 2 heteroatoms. The van der Waals surface area contributed by atoms with Crippen LogP contribution >= 0.6 is 15.9 Å². The Labute approximate surface area is 94.7 Å². The molecule has 0 radical (unpaired) electrons. The van der Waals surface area contributed by atoms with Crippen LogP contribution in [0.4, 0.5) is 0 Å². The van der Waals surface area contributed by atoms with Crippen molar-refractivity contribution in [2.45, 2.75) is 32.5 Å². The fraction of sp³-hybridized carbons (Fsp3) is 0.417. The van der Waals surface area contributed by atoms with Crippen LogP contribution in [0.3, 0.4) is 0 Å². The minimum Gasteiger partial charge on any atom is -0.294 e. The minimum atomic E-state index is 0. The molecule has 1 rings (SSSR count). The second kappa shape index (κ2) is 6.77. The summed E-state index contributed by atoms with van der Waals surface area (Å²) in [6.07, 6.45) is 1.56. The van der Waals surface area contributed by atoms with Crippen molar-refractivity contribution in [3.05, 3.63) is 35.4 Å². The smallest absolute Gasteiger partial charge is 0.162 e. The van der Waals surface area contributed by atoms with E-state index in [1.807, 2.05) is 31.2 Å². The molecule has 0 N–H and O–H groups in total. The van der Waals surface area contributed by atoms with Gasteiger partial charge in [0.25, 0.3) is 0 Å². The van der Waals surface area contributed by atoms with Gasteiger partial charge in [-0.05, 0) is 12.0 Å². The predicted molar refractivity (Wildman–Crippen MR) is 65.0 cm³/mol. The molecule has 0 saturated heterocycles. The Morgan fingerprint density at radius 2 is 1.86 bits per heavy atom. The summed E-state index contributed by atoms with van der Waals surface area (Å²) in [5, 5.41) is 0.843. The molecule has 0 spiro atoms. The van der Waals surface area contributed by atoms with Crippen molar-refractivity contribution in [1.29, 1.82) is 0 Å². The predicted octanol–water partition coefficient (Wildman–Crippen LogP) is 4.20. The summed E-state index contributed by atoms with van der Waals surface area (Å²) < 4.78 is 0. The highest BCUT2D eigenvalue weighted by atomic mass is 79.9. The number of hydrogen-bond acceptors (Lipinski definition) is 1. The second-order valence-electron chi connectivity index (χ2n) is 3.00. The Morgan fingerprint density at radius 3 is 2.29 bits per heavy atom. The van der Waals surface area contributed by atoms with Crippen LogP contribution in [0.2, 0.25) is 0 Å². The number of rotatable bonds is 4. The lowest BCUT2D eigenvalue weighted by Gasteiger charge is -1.99. The highest BCUT2D eigenvalue weighted by molar-refractivity contribution is 9.08. The molecule has 0 heterocycles. The number of hydrogen-bond donors (Lipinski definition) is 0. The summed E-state index contributed by atoms with van der Waals surface area (Å²) in [4.78, 5) is 11.4. The molecule has 0 bridgehead atoms. The van der Waals surface area contributed by atoms with E-state index in [0.717, 1.165) is 17.3 Å². The van der Waals surface area contributed by atoms with Crippen LogP contribution in [0.5, 0.6) is 0 Å². The van der Waals surface area contributed by atoms with E-state index in [9.17, 15) is 4.79 Å². The van der Waals surface area contributed by atoms with Gasteiger partial charge in [0.05, 0.1) is 0 Å². The Balaban J connectivity index is 0.00000169. The van der Waals surface area contributed by atoms with E-state index in [2.05, 4.69) is 15.9 Å². The summed E-state index contributed by atoms with van der Waals surface area (Å²) in [6.45, 7) is 2.02. The standard InChI is InChI=1S/C11H13BrO.CH4/c1-2-3-11(13)10-6-4-9(8-12)5-7-10;/h4-7H,2-3,8H2,1H3;1H4. The Bertz CT molecular complexity index is 277. The van der Waals surface area contributed by atoms with Crippen LogP contribution in [0.15, 0.2) is 24.3 Å². The van der Waals surface area contributed by atoms with E-state index >= 15 is 0 Å². The van der Waals surface area contributed by atoms with Crippen LogP contribution in [0, 0.1) is 0 Å². The molecule has 1 aromatic rings. The van der Waals surface area contributed by atoms with Gasteiger partial charge in [-0.15, -0.1) is 0 Å². The minimum absolute atomic E-state index is 0. The first kappa shape index (κ1) is 13.4. The summed E-state index contributed by atoms with van der Waals surface area (Å²) in [5.74, 6) is 0.239. The SMILES string of the molecule is C.CCCC(=O)c1ccc(CBr)cc1. The molecule has 0 unspecified atom stereocenters. The molecule has 0 saturated carbocycles. The average Bonchev–Trinajstić information content (AvgIpc) is 2.18. The molecular formula is C12H17BrO. The summed E-state index contributed by atoms with van der Waals surface area (Å²) in [5.41, 5.74) is 2.03. The monoisotopic (exact) mass is 256 g/mol. The summed E-state index contributed by atoms with van der Waals surface area (Å²) in [6, 6.07) is 7.76. The zero-order valence-electron chi connectivity index (χ0n) is 7.72. The van der Waals surface area contributed by atoms with Gasteiger partial charge >= 0.3 is 0 Å². The van der Waals surface area contributed by atoms with Crippen molar-refractivity contribution < 1.29 is 4.79 Å². The van der Waals surface area contributed by atoms with Crippen LogP contribution in [-0.2, 0) is 5.33 Å². The third-order valence-corrected chi connectivity index (χ3v) is 2.55. The lowest BCUT2D eigenvalue weighted by Crippen LogP contribution is -1.97. The topological polar surface area (TPSA) is 17.1 Å². The van der Waals surface area contributed by atoms with E-state index in [1.165, 1.54) is 5.56 Å². The molecule has 0 aliphatic heterocycles. The first-order chi connectivity index (χ1) is 6.27. The number of halogens is 1. The lowest BCUT2D eigenvalue weighted by molar-refractivity contribution is 0.0982. The van der Waals surface area contributed by atoms with Gasteiger partial charge in [0.1, 0.15) is 0 Å². The molecular weight excluding hydrogens is 240 g/mol. The molecule has 0 amide bonds. The van der Waals surface area contributed by atoms with E-state index in [4.69, 9.17) is 0 Å². The molecule has 0 aliphatic rings. The largest absolute Gasteiger partial charge is 0.294 e. The number of benzene rings is 1. The summed E-state index contributed by atoms with van der Waals surface area (Å²) in [7, 11) is 0. The van der Waals surface area contributed by atoms with Crippen LogP contribution in [0.1, 0.15) is 43.1 Å². The van der Waals surface area contributed by atoms with E-state index in [0.29, 0.717) is 6.42 Å². The van der Waals surface area contributed by atoms with E-state index in [1.54, 1.807) is 0 Å². The van der Waals surface area contributed by atoms with E-state index < -0.39 is 0 Å². The molecule has 14 heavy (non-hydrogen) atoms. The zero-order chi connectivity index (χ0) is 9.68. The van der Waals surface area contributed by atoms with Gasteiger partial charge in [0.15, 0.2) is 5.78 Å². The average molecular weight is 257 g/mol. The molecule has 78 valence electrons. The fourth-order valence-electron chi connectivity index (χ4n) is 1.15. The molecule has 1 aromatic carbocycles. The third-order valence-electron chi connectivity index (χ3n) is 1.91. The quantitative estimate of drug-likeness (QED) is 0.583. The number of alkyl halides is 1. The second-order valence-corrected chi connectivity index (χ2v) is 3.56. The summed E-state index contributed by atoms with van der Waals surface area (Å²) >= 11 is 3.36. The van der Waals surface area contributed by atoms with Crippen LogP contribution < -0.4 is 0 Å². The van der Waals surface area contributed by atoms with Crippen LogP contribution in [0.25, 0.3) is 0 Å². The Morgan fingerprint density at radius 1 is 1.29 bits per heavy atom. The van der Waals surface area contributed by atoms with Crippen molar-refractivity contribution in [2.24, 2.45) is 0 Å². The number of carbonyl (C=O) groups is 1. The first-order valence-corrected chi connectivity index (χ1v) is 5.58. The van der Waals surface area contributed by atoms with Crippen molar-refractivity contribution in [3.63, 3.8) is 0 Å². The first-order valence-electron chi connectivity index (χ1n) is 4.46. The van der Waals surface area contributed by atoms with Gasteiger partial charge in [-0.1, -0.05) is 54.5 Å². The van der Waals surface area contributed by atoms with Crippen molar-refractivity contribution in [1.82, 2.24) is 0 Å². The molecule has 0 aliphatic carbocycles. The van der Waals surface area contributed by atoms with Gasteiger partial charge < -0.3 is 0 Å². The van der Waals surface area contributed by atoms with Gasteiger partial charge in [0.2, 0.25) is 0 Å². The zero-order valence-corrected chi connectivity index (χ0v) is 9.30.